The van der Waals surface area contributed by atoms with E-state index in [-0.39, 0.29) is 33.6 Å². The molecule has 5 heteroatoms. The van der Waals surface area contributed by atoms with Crippen LogP contribution < -0.4 is 10.2 Å². The second kappa shape index (κ2) is 8.99. The molecule has 0 N–H and O–H groups in total. The molecule has 0 saturated heterocycles. The van der Waals surface area contributed by atoms with Crippen molar-refractivity contribution in [3.05, 3.63) is 0 Å². The Hall–Kier alpha value is 0.283. The molecule has 0 unspecified atom stereocenters. The number of rotatable bonds is 0. The molecule has 0 bridgehead atoms. The summed E-state index contributed by atoms with van der Waals surface area (Å²) in [6.45, 7) is 0. The van der Waals surface area contributed by atoms with Crippen molar-refractivity contribution in [3.8, 4) is 0 Å². The number of carbonyl (C=O) groups is 1. The van der Waals surface area contributed by atoms with Gasteiger partial charge in [0.2, 0.25) is 0 Å². The van der Waals surface area contributed by atoms with Gasteiger partial charge in [-0.2, -0.15) is 0 Å². The fourth-order valence-electron chi connectivity index (χ4n) is 0. The summed E-state index contributed by atoms with van der Waals surface area (Å²) < 4.78 is 0. The molecule has 0 fully saturated rings. The normalized spacial score (nSPS) is 4.00. The summed E-state index contributed by atoms with van der Waals surface area (Å²) in [5.41, 5.74) is 0. The van der Waals surface area contributed by atoms with E-state index in [1.807, 2.05) is 0 Å². The first kappa shape index (κ1) is 16.3. The molecule has 0 aromatic heterocycles. The first-order valence-corrected chi connectivity index (χ1v) is 0.612. The van der Waals surface area contributed by atoms with Crippen LogP contribution in [0.3, 0.4) is 0 Å². The van der Waals surface area contributed by atoms with E-state index in [9.17, 15) is 0 Å². The Kier molecular flexibility index (Phi) is 24.4. The fourth-order valence-corrected chi connectivity index (χ4v) is 0. The van der Waals surface area contributed by atoms with Crippen LogP contribution in [0.1, 0.15) is 0 Å². The van der Waals surface area contributed by atoms with Crippen LogP contribution in [0.25, 0.3) is 0 Å². The molecule has 0 aliphatic heterocycles. The zero-order valence-electron chi connectivity index (χ0n) is 2.34. The third-order valence-corrected chi connectivity index (χ3v) is 0. The summed E-state index contributed by atoms with van der Waals surface area (Å²) in [5, 5.41) is 16.7. The molecule has 0 aliphatic rings. The second-order valence-corrected chi connectivity index (χ2v) is 0.250. The summed E-state index contributed by atoms with van der Waals surface area (Å²) in [7, 11) is 0. The summed E-state index contributed by atoms with van der Waals surface area (Å²) in [6.07, 6.45) is -2.33. The van der Waals surface area contributed by atoms with E-state index in [0.29, 0.717) is 0 Å². The first-order valence-electron chi connectivity index (χ1n) is 0.612. The van der Waals surface area contributed by atoms with Gasteiger partial charge in [0, 0.05) is 16.5 Å². The molecule has 0 aliphatic carbocycles. The van der Waals surface area contributed by atoms with Gasteiger partial charge >= 0.3 is 17.1 Å². The van der Waals surface area contributed by atoms with Crippen molar-refractivity contribution in [2.75, 3.05) is 0 Å². The van der Waals surface area contributed by atoms with Gasteiger partial charge in [0.15, 0.2) is 0 Å². The predicted molar refractivity (Wildman–Crippen MR) is 5.40 cm³/mol. The summed E-state index contributed by atoms with van der Waals surface area (Å²) in [6, 6.07) is 0. The van der Waals surface area contributed by atoms with E-state index in [1.165, 1.54) is 0 Å². The smallest absolute Gasteiger partial charge is 0.652 e. The van der Waals surface area contributed by atoms with Crippen LogP contribution in [0.15, 0.2) is 0 Å². The minimum absolute atomic E-state index is 0. The van der Waals surface area contributed by atoms with Gasteiger partial charge in [-0.1, -0.05) is 0 Å². The molecule has 0 amide bonds. The number of carboxylic acid groups (broad SMARTS) is 2. The van der Waals surface area contributed by atoms with Gasteiger partial charge in [-0.3, -0.25) is 0 Å². The number of hydrogen-bond acceptors (Lipinski definition) is 3. The zero-order valence-corrected chi connectivity index (χ0v) is 4.27. The summed E-state index contributed by atoms with van der Waals surface area (Å²) in [4.78, 5) is 8.33. The molecule has 0 aromatic carbocycles. The molecular formula is CCuNiO3. The molecule has 6 heavy (non-hydrogen) atoms. The molecule has 0 spiro atoms. The van der Waals surface area contributed by atoms with Gasteiger partial charge in [-0.15, -0.1) is 0 Å². The number of carbonyl (C=O) groups excluding carboxylic acids is 1. The molecule has 43 valence electrons. The van der Waals surface area contributed by atoms with Crippen LogP contribution in [-0.2, 0) is 33.6 Å². The van der Waals surface area contributed by atoms with Gasteiger partial charge in [0.1, 0.15) is 0 Å². The van der Waals surface area contributed by atoms with Crippen molar-refractivity contribution >= 4 is 6.16 Å². The molecular weight excluding hydrogens is 182 g/mol. The average molecular weight is 182 g/mol. The fraction of sp³-hybridized carbons (Fsp3) is 0. The van der Waals surface area contributed by atoms with Crippen LogP contribution in [-0.4, -0.2) is 6.16 Å². The Bertz CT molecular complexity index is 33.8. The molecule has 3 nitrogen and oxygen atoms in total. The van der Waals surface area contributed by atoms with Crippen molar-refractivity contribution < 1.29 is 48.6 Å². The standard InChI is InChI=1S/CH2O3.Cu.Ni/c2-1(3)4;;/h(H2,2,3,4);;/q;+2;/p-2. The van der Waals surface area contributed by atoms with E-state index in [1.54, 1.807) is 0 Å². The molecule has 0 aromatic rings. The van der Waals surface area contributed by atoms with Crippen molar-refractivity contribution in [3.63, 3.8) is 0 Å². The molecule has 0 atom stereocenters. The van der Waals surface area contributed by atoms with E-state index >= 15 is 0 Å². The van der Waals surface area contributed by atoms with Crippen LogP contribution in [0, 0.1) is 0 Å². The maximum absolute atomic E-state index is 8.33. The van der Waals surface area contributed by atoms with Crippen LogP contribution in [0.5, 0.6) is 0 Å². The Morgan fingerprint density at radius 2 is 1.33 bits per heavy atom. The molecule has 0 heterocycles. The van der Waals surface area contributed by atoms with Gasteiger partial charge < -0.3 is 15.0 Å². The third-order valence-electron chi connectivity index (χ3n) is 0. The Balaban J connectivity index is -0.0000000450. The van der Waals surface area contributed by atoms with Crippen LogP contribution in [0.2, 0.25) is 0 Å². The van der Waals surface area contributed by atoms with Gasteiger partial charge in [0.05, 0.1) is 0 Å². The second-order valence-electron chi connectivity index (χ2n) is 0.250. The SMILES string of the molecule is O=C([O-])[O-].[Cu+2].[Ni]. The first-order chi connectivity index (χ1) is 1.73. The van der Waals surface area contributed by atoms with E-state index in [4.69, 9.17) is 15.0 Å². The van der Waals surface area contributed by atoms with Crippen molar-refractivity contribution in [1.29, 1.82) is 0 Å². The minimum atomic E-state index is -2.33. The summed E-state index contributed by atoms with van der Waals surface area (Å²) >= 11 is 0. The van der Waals surface area contributed by atoms with Crippen LogP contribution >= 0.6 is 0 Å². The van der Waals surface area contributed by atoms with E-state index < -0.39 is 6.16 Å². The topological polar surface area (TPSA) is 63.2 Å². The van der Waals surface area contributed by atoms with Gasteiger partial charge in [-0.05, 0) is 6.16 Å². The van der Waals surface area contributed by atoms with E-state index in [0.717, 1.165) is 0 Å². The minimum Gasteiger partial charge on any atom is -0.652 e. The third kappa shape index (κ3) is 576. The number of hydrogen-bond donors (Lipinski definition) is 0. The van der Waals surface area contributed by atoms with Crippen molar-refractivity contribution in [2.45, 2.75) is 0 Å². The maximum atomic E-state index is 8.33. The quantitative estimate of drug-likeness (QED) is 0.391. The Labute approximate surface area is 55.1 Å². The Morgan fingerprint density at radius 1 is 1.33 bits per heavy atom. The van der Waals surface area contributed by atoms with Gasteiger partial charge in [0.25, 0.3) is 0 Å². The summed E-state index contributed by atoms with van der Waals surface area (Å²) in [5.74, 6) is 0. The van der Waals surface area contributed by atoms with E-state index in [2.05, 4.69) is 0 Å². The molecule has 1 radical (unpaired) electrons. The molecule has 0 rings (SSSR count). The molecule has 0 saturated carbocycles. The predicted octanol–water partition coefficient (Wildman–Crippen LogP) is -2.45. The largest absolute Gasteiger partial charge is 2.00 e. The maximum Gasteiger partial charge on any atom is 2.00 e. The zero-order chi connectivity index (χ0) is 3.58. The Morgan fingerprint density at radius 3 is 1.33 bits per heavy atom. The average Bonchev–Trinajstić information content (AvgIpc) is 0.811. The van der Waals surface area contributed by atoms with Crippen LogP contribution in [0.4, 0.5) is 4.79 Å². The van der Waals surface area contributed by atoms with Gasteiger partial charge in [-0.25, -0.2) is 0 Å². The monoisotopic (exact) mass is 181 g/mol. The van der Waals surface area contributed by atoms with Crippen molar-refractivity contribution in [2.24, 2.45) is 0 Å². The van der Waals surface area contributed by atoms with Crippen molar-refractivity contribution in [1.82, 2.24) is 0 Å².